The fraction of sp³-hybridized carbons (Fsp3) is 0.533. The van der Waals surface area contributed by atoms with Crippen LogP contribution in [0.15, 0.2) is 24.4 Å². The Kier molecular flexibility index (Phi) is 2.29. The third-order valence-electron chi connectivity index (χ3n) is 4.12. The molecule has 0 unspecified atom stereocenters. The van der Waals surface area contributed by atoms with E-state index < -0.39 is 0 Å². The molecule has 0 aromatic carbocycles. The van der Waals surface area contributed by atoms with Crippen LogP contribution in [0.5, 0.6) is 5.88 Å². The summed E-state index contributed by atoms with van der Waals surface area (Å²) >= 11 is 0. The molecule has 1 aromatic rings. The lowest BCUT2D eigenvalue weighted by Gasteiger charge is -2.43. The van der Waals surface area contributed by atoms with E-state index in [0.29, 0.717) is 5.41 Å². The quantitative estimate of drug-likeness (QED) is 0.674. The van der Waals surface area contributed by atoms with E-state index in [2.05, 4.69) is 37.0 Å². The van der Waals surface area contributed by atoms with E-state index in [1.807, 2.05) is 6.07 Å². The van der Waals surface area contributed by atoms with Crippen molar-refractivity contribution in [2.24, 2.45) is 5.41 Å². The molecule has 17 heavy (non-hydrogen) atoms. The smallest absolute Gasteiger partial charge is 0.221 e. The van der Waals surface area contributed by atoms with Crippen LogP contribution in [0.4, 0.5) is 0 Å². The van der Waals surface area contributed by atoms with Crippen molar-refractivity contribution < 1.29 is 4.74 Å². The van der Waals surface area contributed by atoms with Gasteiger partial charge in [0.05, 0.1) is 0 Å². The van der Waals surface area contributed by atoms with Crippen molar-refractivity contribution in [2.75, 3.05) is 0 Å². The van der Waals surface area contributed by atoms with Crippen LogP contribution < -0.4 is 4.74 Å². The van der Waals surface area contributed by atoms with Gasteiger partial charge >= 0.3 is 0 Å². The van der Waals surface area contributed by atoms with E-state index in [4.69, 9.17) is 4.74 Å². The van der Waals surface area contributed by atoms with Crippen molar-refractivity contribution in [3.63, 3.8) is 0 Å². The Balaban J connectivity index is 1.85. The number of rotatable bonds is 0. The van der Waals surface area contributed by atoms with E-state index >= 15 is 0 Å². The Morgan fingerprint density at radius 3 is 2.71 bits per heavy atom. The zero-order valence-electron chi connectivity index (χ0n) is 10.6. The highest BCUT2D eigenvalue weighted by Crippen LogP contribution is 2.45. The van der Waals surface area contributed by atoms with Crippen LogP contribution in [0.2, 0.25) is 0 Å². The van der Waals surface area contributed by atoms with Crippen molar-refractivity contribution in [1.29, 1.82) is 0 Å². The molecule has 0 radical (unpaired) electrons. The molecule has 0 N–H and O–H groups in total. The predicted octanol–water partition coefficient (Wildman–Crippen LogP) is 3.83. The van der Waals surface area contributed by atoms with Crippen molar-refractivity contribution in [2.45, 2.75) is 45.1 Å². The van der Waals surface area contributed by atoms with E-state index in [1.165, 1.54) is 12.8 Å². The van der Waals surface area contributed by atoms with Gasteiger partial charge in [0.1, 0.15) is 5.60 Å². The molecule has 2 aliphatic rings. The minimum absolute atomic E-state index is 0.0864. The second-order valence-electron chi connectivity index (χ2n) is 6.06. The number of aromatic nitrogens is 1. The fourth-order valence-electron chi connectivity index (χ4n) is 2.70. The molecule has 3 rings (SSSR count). The number of fused-ring (bicyclic) bond motifs is 1. The summed E-state index contributed by atoms with van der Waals surface area (Å²) in [5.41, 5.74) is 1.48. The number of pyridine rings is 1. The Bertz CT molecular complexity index is 452. The summed E-state index contributed by atoms with van der Waals surface area (Å²) in [6.07, 6.45) is 10.9. The van der Waals surface area contributed by atoms with E-state index in [9.17, 15) is 0 Å². The van der Waals surface area contributed by atoms with Gasteiger partial charge in [-0.25, -0.2) is 4.98 Å². The molecule has 0 amide bonds. The summed E-state index contributed by atoms with van der Waals surface area (Å²) in [5.74, 6) is 0.801. The maximum atomic E-state index is 6.16. The number of hydrogen-bond donors (Lipinski definition) is 0. The predicted molar refractivity (Wildman–Crippen MR) is 68.9 cm³/mol. The summed E-state index contributed by atoms with van der Waals surface area (Å²) in [4.78, 5) is 4.33. The molecule has 1 fully saturated rings. The lowest BCUT2D eigenvalue weighted by Crippen LogP contribution is -2.41. The maximum Gasteiger partial charge on any atom is 0.221 e. The molecule has 1 aliphatic heterocycles. The van der Waals surface area contributed by atoms with Crippen molar-refractivity contribution in [3.8, 4) is 5.88 Å². The topological polar surface area (TPSA) is 22.1 Å². The third kappa shape index (κ3) is 1.97. The standard InChI is InChI=1S/C15H19NO/c1-14(2)7-9-15(10-8-14)6-5-12-4-3-11-16-13(12)17-15/h3-6,11H,7-10H2,1-2H3. The SMILES string of the molecule is CC1(C)CCC2(C=Cc3cccnc3O2)CC1. The lowest BCUT2D eigenvalue weighted by molar-refractivity contribution is 0.0312. The summed E-state index contributed by atoms with van der Waals surface area (Å²) in [6, 6.07) is 4.01. The molecule has 1 saturated carbocycles. The average molecular weight is 229 g/mol. The van der Waals surface area contributed by atoms with Gasteiger partial charge in [-0.15, -0.1) is 0 Å². The molecular formula is C15H19NO. The zero-order chi connectivity index (χ0) is 11.9. The summed E-state index contributed by atoms with van der Waals surface area (Å²) in [5, 5.41) is 0. The van der Waals surface area contributed by atoms with Gasteiger partial charge in [0.25, 0.3) is 0 Å². The number of hydrogen-bond acceptors (Lipinski definition) is 2. The summed E-state index contributed by atoms with van der Waals surface area (Å²) in [6.45, 7) is 4.69. The van der Waals surface area contributed by atoms with Crippen LogP contribution in [0.25, 0.3) is 6.08 Å². The molecule has 1 aromatic heterocycles. The van der Waals surface area contributed by atoms with Crippen molar-refractivity contribution in [3.05, 3.63) is 30.0 Å². The van der Waals surface area contributed by atoms with Gasteiger partial charge in [-0.05, 0) is 55.4 Å². The van der Waals surface area contributed by atoms with Gasteiger partial charge in [0.2, 0.25) is 5.88 Å². The maximum absolute atomic E-state index is 6.16. The molecule has 1 aliphatic carbocycles. The highest BCUT2D eigenvalue weighted by Gasteiger charge is 2.40. The minimum Gasteiger partial charge on any atom is -0.466 e. The van der Waals surface area contributed by atoms with E-state index in [-0.39, 0.29) is 5.60 Å². The monoisotopic (exact) mass is 229 g/mol. The van der Waals surface area contributed by atoms with Crippen LogP contribution in [0.1, 0.15) is 45.1 Å². The van der Waals surface area contributed by atoms with Gasteiger partial charge < -0.3 is 4.74 Å². The number of nitrogens with zero attached hydrogens (tertiary/aromatic N) is 1. The van der Waals surface area contributed by atoms with Gasteiger partial charge in [0, 0.05) is 11.8 Å². The van der Waals surface area contributed by atoms with E-state index in [1.54, 1.807) is 6.20 Å². The average Bonchev–Trinajstić information content (AvgIpc) is 2.34. The molecule has 0 bridgehead atoms. The molecule has 0 saturated heterocycles. The van der Waals surface area contributed by atoms with Crippen LogP contribution in [-0.2, 0) is 0 Å². The third-order valence-corrected chi connectivity index (χ3v) is 4.12. The fourth-order valence-corrected chi connectivity index (χ4v) is 2.70. The molecule has 2 heterocycles. The first-order valence-electron chi connectivity index (χ1n) is 6.42. The van der Waals surface area contributed by atoms with Crippen LogP contribution in [0.3, 0.4) is 0 Å². The number of ether oxygens (including phenoxy) is 1. The first-order valence-corrected chi connectivity index (χ1v) is 6.42. The largest absolute Gasteiger partial charge is 0.466 e. The Morgan fingerprint density at radius 1 is 1.18 bits per heavy atom. The molecule has 0 atom stereocenters. The van der Waals surface area contributed by atoms with Crippen molar-refractivity contribution >= 4 is 6.08 Å². The molecule has 2 nitrogen and oxygen atoms in total. The van der Waals surface area contributed by atoms with Gasteiger partial charge in [-0.2, -0.15) is 0 Å². The van der Waals surface area contributed by atoms with Crippen molar-refractivity contribution in [1.82, 2.24) is 4.98 Å². The normalized spacial score (nSPS) is 24.1. The molecule has 90 valence electrons. The molecule has 2 heteroatoms. The molecule has 1 spiro atoms. The highest BCUT2D eigenvalue weighted by atomic mass is 16.5. The lowest BCUT2D eigenvalue weighted by atomic mass is 9.70. The van der Waals surface area contributed by atoms with Gasteiger partial charge in [-0.1, -0.05) is 13.8 Å². The summed E-state index contributed by atoms with van der Waals surface area (Å²) < 4.78 is 6.16. The van der Waals surface area contributed by atoms with Crippen LogP contribution >= 0.6 is 0 Å². The Morgan fingerprint density at radius 2 is 1.94 bits per heavy atom. The van der Waals surface area contributed by atoms with Crippen LogP contribution in [0, 0.1) is 5.41 Å². The molecular weight excluding hydrogens is 210 g/mol. The Labute approximate surface area is 103 Å². The minimum atomic E-state index is -0.0864. The highest BCUT2D eigenvalue weighted by molar-refractivity contribution is 5.58. The summed E-state index contributed by atoms with van der Waals surface area (Å²) in [7, 11) is 0. The second kappa shape index (κ2) is 3.59. The first kappa shape index (κ1) is 10.8. The second-order valence-corrected chi connectivity index (χ2v) is 6.06. The van der Waals surface area contributed by atoms with Gasteiger partial charge in [0.15, 0.2) is 0 Å². The first-order chi connectivity index (χ1) is 8.09. The van der Waals surface area contributed by atoms with Gasteiger partial charge in [-0.3, -0.25) is 0 Å². The Hall–Kier alpha value is -1.31. The van der Waals surface area contributed by atoms with Crippen LogP contribution in [-0.4, -0.2) is 10.6 Å². The zero-order valence-corrected chi connectivity index (χ0v) is 10.6. The van der Waals surface area contributed by atoms with E-state index in [0.717, 1.165) is 24.3 Å².